The lowest BCUT2D eigenvalue weighted by Crippen LogP contribution is -2.51. The van der Waals surface area contributed by atoms with Crippen molar-refractivity contribution in [1.82, 2.24) is 25.2 Å². The van der Waals surface area contributed by atoms with Crippen molar-refractivity contribution >= 4 is 22.8 Å². The summed E-state index contributed by atoms with van der Waals surface area (Å²) in [5.41, 5.74) is 13.2. The van der Waals surface area contributed by atoms with E-state index in [0.29, 0.717) is 25.9 Å². The molecular formula is C31H40N6O2. The van der Waals surface area contributed by atoms with Gasteiger partial charge in [0.2, 0.25) is 11.8 Å². The van der Waals surface area contributed by atoms with Gasteiger partial charge in [-0.05, 0) is 93.0 Å². The van der Waals surface area contributed by atoms with Gasteiger partial charge in [-0.25, -0.2) is 4.68 Å². The fraction of sp³-hybridized carbons (Fsp3) is 0.484. The Morgan fingerprint density at radius 2 is 2.05 bits per heavy atom. The highest BCUT2D eigenvalue weighted by atomic mass is 16.2. The fourth-order valence-electron chi connectivity index (χ4n) is 6.36. The average Bonchev–Trinajstić information content (AvgIpc) is 3.54. The molecule has 3 aromatic rings. The molecule has 2 heterocycles. The van der Waals surface area contributed by atoms with Crippen LogP contribution in [0.5, 0.6) is 0 Å². The van der Waals surface area contributed by atoms with Gasteiger partial charge >= 0.3 is 0 Å². The summed E-state index contributed by atoms with van der Waals surface area (Å²) in [6.07, 6.45) is 7.47. The zero-order valence-electron chi connectivity index (χ0n) is 23.3. The first-order valence-electron chi connectivity index (χ1n) is 14.2. The molecule has 2 aromatic carbocycles. The van der Waals surface area contributed by atoms with E-state index in [0.717, 1.165) is 42.3 Å². The van der Waals surface area contributed by atoms with Gasteiger partial charge in [-0.2, -0.15) is 0 Å². The van der Waals surface area contributed by atoms with Crippen LogP contribution in [-0.4, -0.2) is 50.3 Å². The van der Waals surface area contributed by atoms with Gasteiger partial charge in [0.15, 0.2) is 0 Å². The SMILES string of the molecule is C/C=C(\C)C[C@@H]1C[C@@H](C(=O)NCc2ccc3c(c2)nnn3C)N(C(=O)[C@H](N)CC2CCCc3ccccc32)C1. The molecule has 1 aliphatic carbocycles. The summed E-state index contributed by atoms with van der Waals surface area (Å²) in [5.74, 6) is 0.276. The first-order chi connectivity index (χ1) is 18.8. The second kappa shape index (κ2) is 11.7. The van der Waals surface area contributed by atoms with E-state index in [-0.39, 0.29) is 23.7 Å². The molecular weight excluding hydrogens is 488 g/mol. The zero-order chi connectivity index (χ0) is 27.5. The molecule has 8 heteroatoms. The number of carbonyl (C=O) groups excluding carboxylic acids is 2. The lowest BCUT2D eigenvalue weighted by molar-refractivity contribution is -0.139. The minimum Gasteiger partial charge on any atom is -0.350 e. The van der Waals surface area contributed by atoms with Crippen LogP contribution in [0.4, 0.5) is 0 Å². The molecule has 0 radical (unpaired) electrons. The minimum absolute atomic E-state index is 0.111. The zero-order valence-corrected chi connectivity index (χ0v) is 23.3. The molecule has 1 aliphatic heterocycles. The lowest BCUT2D eigenvalue weighted by Gasteiger charge is -2.31. The van der Waals surface area contributed by atoms with E-state index in [2.05, 4.69) is 52.9 Å². The number of nitrogens with one attached hydrogen (secondary N) is 1. The largest absolute Gasteiger partial charge is 0.350 e. The molecule has 2 aliphatic rings. The molecule has 1 fully saturated rings. The molecule has 0 spiro atoms. The first-order valence-corrected chi connectivity index (χ1v) is 14.2. The molecule has 1 saturated heterocycles. The Morgan fingerprint density at radius 3 is 2.87 bits per heavy atom. The van der Waals surface area contributed by atoms with Crippen molar-refractivity contribution in [2.75, 3.05) is 6.54 Å². The van der Waals surface area contributed by atoms with Gasteiger partial charge in [-0.1, -0.05) is 47.2 Å². The standard InChI is InChI=1S/C31H40N6O2/c1-4-20(2)14-22-16-29(30(38)33-18-21-12-13-28-27(15-21)34-35-36(28)3)37(19-22)31(39)26(32)17-24-10-7-9-23-8-5-6-11-25(23)24/h4-6,8,11-13,15,22,24,26,29H,7,9-10,14,16-19,32H2,1-3H3,(H,33,38)/b20-4+/t22-,24?,26-,29+/m1/s1. The first kappa shape index (κ1) is 27.1. The molecule has 1 aromatic heterocycles. The highest BCUT2D eigenvalue weighted by Gasteiger charge is 2.41. The van der Waals surface area contributed by atoms with Crippen LogP contribution < -0.4 is 11.1 Å². The van der Waals surface area contributed by atoms with E-state index in [4.69, 9.17) is 5.73 Å². The number of amides is 2. The molecule has 5 rings (SSSR count). The van der Waals surface area contributed by atoms with Gasteiger partial charge in [0.05, 0.1) is 11.6 Å². The van der Waals surface area contributed by atoms with Crippen molar-refractivity contribution in [2.24, 2.45) is 18.7 Å². The Morgan fingerprint density at radius 1 is 1.23 bits per heavy atom. The minimum atomic E-state index is -0.628. The number of hydrogen-bond acceptors (Lipinski definition) is 5. The number of carbonyl (C=O) groups is 2. The summed E-state index contributed by atoms with van der Waals surface area (Å²) in [6.45, 7) is 5.06. The van der Waals surface area contributed by atoms with E-state index in [1.54, 1.807) is 9.58 Å². The molecule has 2 amide bonds. The highest BCUT2D eigenvalue weighted by Crippen LogP contribution is 2.35. The summed E-state index contributed by atoms with van der Waals surface area (Å²) in [5, 5.41) is 11.3. The molecule has 4 atom stereocenters. The molecule has 1 unspecified atom stereocenters. The second-order valence-corrected chi connectivity index (χ2v) is 11.3. The van der Waals surface area contributed by atoms with Crippen LogP contribution >= 0.6 is 0 Å². The van der Waals surface area contributed by atoms with E-state index in [9.17, 15) is 9.59 Å². The molecule has 8 nitrogen and oxygen atoms in total. The topological polar surface area (TPSA) is 106 Å². The van der Waals surface area contributed by atoms with Crippen molar-refractivity contribution in [3.63, 3.8) is 0 Å². The summed E-state index contributed by atoms with van der Waals surface area (Å²) in [7, 11) is 1.85. The third-order valence-electron chi connectivity index (χ3n) is 8.57. The van der Waals surface area contributed by atoms with E-state index < -0.39 is 12.1 Å². The summed E-state index contributed by atoms with van der Waals surface area (Å²) >= 11 is 0. The second-order valence-electron chi connectivity index (χ2n) is 11.3. The third kappa shape index (κ3) is 5.91. The van der Waals surface area contributed by atoms with Gasteiger partial charge in [0.1, 0.15) is 11.6 Å². The molecule has 206 valence electrons. The van der Waals surface area contributed by atoms with Gasteiger partial charge in [0, 0.05) is 20.1 Å². The quantitative estimate of drug-likeness (QED) is 0.430. The van der Waals surface area contributed by atoms with Crippen LogP contribution in [0.2, 0.25) is 0 Å². The molecule has 3 N–H and O–H groups in total. The highest BCUT2D eigenvalue weighted by molar-refractivity contribution is 5.90. The van der Waals surface area contributed by atoms with Crippen LogP contribution in [0.3, 0.4) is 0 Å². The van der Waals surface area contributed by atoms with Crippen LogP contribution in [-0.2, 0) is 29.6 Å². The number of aromatic nitrogens is 3. The Hall–Kier alpha value is -3.52. The number of allylic oxidation sites excluding steroid dienone is 2. The smallest absolute Gasteiger partial charge is 0.243 e. The van der Waals surface area contributed by atoms with Crippen molar-refractivity contribution < 1.29 is 9.59 Å². The predicted octanol–water partition coefficient (Wildman–Crippen LogP) is 4.00. The lowest BCUT2D eigenvalue weighted by atomic mass is 9.79. The van der Waals surface area contributed by atoms with Crippen LogP contribution in [0, 0.1) is 5.92 Å². The van der Waals surface area contributed by atoms with Gasteiger partial charge in [-0.15, -0.1) is 5.10 Å². The summed E-state index contributed by atoms with van der Waals surface area (Å²) in [4.78, 5) is 29.0. The Bertz CT molecular complexity index is 1380. The van der Waals surface area contributed by atoms with Crippen LogP contribution in [0.15, 0.2) is 54.1 Å². The van der Waals surface area contributed by atoms with E-state index in [1.807, 2.05) is 32.2 Å². The summed E-state index contributed by atoms with van der Waals surface area (Å²) in [6, 6.07) is 13.2. The number of hydrogen-bond donors (Lipinski definition) is 2. The summed E-state index contributed by atoms with van der Waals surface area (Å²) < 4.78 is 1.72. The molecule has 0 saturated carbocycles. The molecule has 0 bridgehead atoms. The number of likely N-dealkylation sites (tertiary alicyclic amines) is 1. The molecule has 39 heavy (non-hydrogen) atoms. The van der Waals surface area contributed by atoms with Crippen LogP contribution in [0.1, 0.15) is 68.6 Å². The average molecular weight is 529 g/mol. The van der Waals surface area contributed by atoms with Gasteiger partial charge in [0.25, 0.3) is 0 Å². The monoisotopic (exact) mass is 528 g/mol. The van der Waals surface area contributed by atoms with Crippen molar-refractivity contribution in [3.8, 4) is 0 Å². The number of benzene rings is 2. The Balaban J connectivity index is 1.28. The Kier molecular flexibility index (Phi) is 8.12. The van der Waals surface area contributed by atoms with E-state index >= 15 is 0 Å². The van der Waals surface area contributed by atoms with Gasteiger partial charge < -0.3 is 16.0 Å². The maximum atomic E-state index is 13.8. The Labute approximate surface area is 230 Å². The maximum Gasteiger partial charge on any atom is 0.243 e. The number of nitrogens with two attached hydrogens (primary N) is 1. The van der Waals surface area contributed by atoms with Crippen molar-refractivity contribution in [2.45, 2.75) is 76.9 Å². The van der Waals surface area contributed by atoms with E-state index in [1.165, 1.54) is 16.7 Å². The fourth-order valence-corrected chi connectivity index (χ4v) is 6.36. The third-order valence-corrected chi connectivity index (χ3v) is 8.57. The van der Waals surface area contributed by atoms with Crippen LogP contribution in [0.25, 0.3) is 11.0 Å². The van der Waals surface area contributed by atoms with Crippen molar-refractivity contribution in [1.29, 1.82) is 0 Å². The number of rotatable bonds is 8. The van der Waals surface area contributed by atoms with Crippen molar-refractivity contribution in [3.05, 3.63) is 70.8 Å². The number of nitrogens with zero attached hydrogens (tertiary/aromatic N) is 4. The van der Waals surface area contributed by atoms with Gasteiger partial charge in [-0.3, -0.25) is 9.59 Å². The number of fused-ring (bicyclic) bond motifs is 2. The normalized spacial score (nSPS) is 22.1. The predicted molar refractivity (Wildman–Crippen MR) is 153 cm³/mol. The maximum absolute atomic E-state index is 13.8. The number of aryl methyl sites for hydroxylation is 2.